The van der Waals surface area contributed by atoms with Crippen LogP contribution in [0.3, 0.4) is 0 Å². The number of hydrogen-bond donors (Lipinski definition) is 2. The fourth-order valence-electron chi connectivity index (χ4n) is 2.80. The number of carbonyl (C=O) groups excluding carboxylic acids is 2. The molecule has 1 heterocycles. The Hall–Kier alpha value is -2.33. The minimum Gasteiger partial charge on any atom is -0.355 e. The van der Waals surface area contributed by atoms with Gasteiger partial charge in [-0.3, -0.25) is 9.59 Å². The smallest absolute Gasteiger partial charge is 0.237 e. The lowest BCUT2D eigenvalue weighted by molar-refractivity contribution is -0.130. The molecule has 0 spiro atoms. The highest BCUT2D eigenvalue weighted by atomic mass is 31.0. The van der Waals surface area contributed by atoms with Gasteiger partial charge >= 0.3 is 0 Å². The van der Waals surface area contributed by atoms with Crippen LogP contribution in [0.4, 0.5) is 14.5 Å². The summed E-state index contributed by atoms with van der Waals surface area (Å²) >= 11 is 0. The molecule has 3 atom stereocenters. The van der Waals surface area contributed by atoms with E-state index in [0.717, 1.165) is 17.4 Å². The predicted molar refractivity (Wildman–Crippen MR) is 90.0 cm³/mol. The molecule has 24 heavy (non-hydrogen) atoms. The summed E-state index contributed by atoms with van der Waals surface area (Å²) in [5, 5.41) is 6.12. The van der Waals surface area contributed by atoms with Gasteiger partial charge in [0.25, 0.3) is 0 Å². The first-order valence-electron chi connectivity index (χ1n) is 7.35. The average Bonchev–Trinajstić information content (AvgIpc) is 2.94. The molecule has 124 valence electrons. The Labute approximate surface area is 139 Å². The Morgan fingerprint density at radius 3 is 2.62 bits per heavy atom. The molecule has 0 saturated carbocycles. The second kappa shape index (κ2) is 6.65. The van der Waals surface area contributed by atoms with Gasteiger partial charge in [-0.25, -0.2) is 8.78 Å². The molecule has 2 N–H and O–H groups in total. The summed E-state index contributed by atoms with van der Waals surface area (Å²) in [6, 6.07) is 10.6. The number of carbonyl (C=O) groups is 2. The van der Waals surface area contributed by atoms with Crippen molar-refractivity contribution in [3.63, 3.8) is 0 Å². The van der Waals surface area contributed by atoms with Crippen LogP contribution >= 0.6 is 9.24 Å². The van der Waals surface area contributed by atoms with Crippen molar-refractivity contribution < 1.29 is 18.4 Å². The van der Waals surface area contributed by atoms with Crippen molar-refractivity contribution in [3.8, 4) is 0 Å². The molecule has 1 aliphatic heterocycles. The van der Waals surface area contributed by atoms with Gasteiger partial charge in [-0.2, -0.15) is 0 Å². The van der Waals surface area contributed by atoms with Crippen molar-refractivity contribution in [3.05, 3.63) is 59.7 Å². The van der Waals surface area contributed by atoms with Gasteiger partial charge in [0.15, 0.2) is 11.6 Å². The molecule has 2 aromatic carbocycles. The largest absolute Gasteiger partial charge is 0.355 e. The molecule has 3 unspecified atom stereocenters. The third kappa shape index (κ3) is 3.15. The van der Waals surface area contributed by atoms with Gasteiger partial charge in [0.1, 0.15) is 5.92 Å². The third-order valence-electron chi connectivity index (χ3n) is 4.05. The molecule has 7 heteroatoms. The van der Waals surface area contributed by atoms with E-state index in [0.29, 0.717) is 11.3 Å². The van der Waals surface area contributed by atoms with E-state index in [4.69, 9.17) is 0 Å². The van der Waals surface area contributed by atoms with Gasteiger partial charge in [-0.05, 0) is 29.1 Å². The summed E-state index contributed by atoms with van der Waals surface area (Å²) in [7, 11) is 2.50. The van der Waals surface area contributed by atoms with E-state index >= 15 is 0 Å². The molecule has 1 fully saturated rings. The number of anilines is 1. The third-order valence-corrected chi connectivity index (χ3v) is 4.56. The number of rotatable bonds is 3. The maximum absolute atomic E-state index is 13.5. The molecule has 0 bridgehead atoms. The topological polar surface area (TPSA) is 58.2 Å². The van der Waals surface area contributed by atoms with E-state index in [-0.39, 0.29) is 6.54 Å². The van der Waals surface area contributed by atoms with Gasteiger partial charge in [0, 0.05) is 18.2 Å². The van der Waals surface area contributed by atoms with Gasteiger partial charge in [0.05, 0.1) is 0 Å². The molecule has 1 saturated heterocycles. The van der Waals surface area contributed by atoms with Gasteiger partial charge in [-0.15, -0.1) is 9.24 Å². The number of amides is 2. The number of para-hydroxylation sites is 1. The van der Waals surface area contributed by atoms with E-state index < -0.39 is 35.3 Å². The maximum Gasteiger partial charge on any atom is 0.237 e. The van der Waals surface area contributed by atoms with Crippen molar-refractivity contribution in [2.45, 2.75) is 5.92 Å². The second-order valence-corrected chi connectivity index (χ2v) is 6.20. The van der Waals surface area contributed by atoms with E-state index in [1.807, 2.05) is 12.1 Å². The lowest BCUT2D eigenvalue weighted by Crippen LogP contribution is -2.33. The first kappa shape index (κ1) is 16.5. The van der Waals surface area contributed by atoms with Crippen LogP contribution in [0.2, 0.25) is 0 Å². The number of nitrogens with one attached hydrogen (secondary N) is 2. The van der Waals surface area contributed by atoms with Crippen molar-refractivity contribution in [2.75, 3.05) is 11.9 Å². The summed E-state index contributed by atoms with van der Waals surface area (Å²) in [5.74, 6) is -4.42. The minimum absolute atomic E-state index is 0.199. The normalized spacial score (nSPS) is 19.9. The maximum atomic E-state index is 13.5. The van der Waals surface area contributed by atoms with E-state index in [1.165, 1.54) is 6.07 Å². The average molecular weight is 348 g/mol. The van der Waals surface area contributed by atoms with Crippen molar-refractivity contribution in [1.82, 2.24) is 5.32 Å². The molecule has 2 aromatic rings. The quantitative estimate of drug-likeness (QED) is 0.658. The Kier molecular flexibility index (Phi) is 4.58. The number of hydrogen-bond acceptors (Lipinski definition) is 2. The Morgan fingerprint density at radius 1 is 1.17 bits per heavy atom. The standard InChI is InChI=1S/C17H15F2N2O2P/c18-11-6-5-9(7-12(11)19)10-8-20-16(22)15(10)17(23)21-13-3-1-2-4-14(13)24/h1-7,10,15H,8,24H2,(H,20,22)(H,21,23). The summed E-state index contributed by atoms with van der Waals surface area (Å²) in [5.41, 5.74) is 0.989. The zero-order valence-corrected chi connectivity index (χ0v) is 13.7. The predicted octanol–water partition coefficient (Wildman–Crippen LogP) is 1.93. The first-order chi connectivity index (χ1) is 11.5. The molecule has 0 radical (unpaired) electrons. The van der Waals surface area contributed by atoms with Crippen LogP contribution < -0.4 is 15.9 Å². The SMILES string of the molecule is O=C1NCC(c2ccc(F)c(F)c2)C1C(=O)Nc1ccccc1P. The lowest BCUT2D eigenvalue weighted by Gasteiger charge is -2.18. The zero-order valence-electron chi connectivity index (χ0n) is 12.6. The highest BCUT2D eigenvalue weighted by Gasteiger charge is 2.41. The van der Waals surface area contributed by atoms with Crippen LogP contribution in [0.1, 0.15) is 11.5 Å². The van der Waals surface area contributed by atoms with Crippen LogP contribution in [0.25, 0.3) is 0 Å². The highest BCUT2D eigenvalue weighted by molar-refractivity contribution is 7.28. The van der Waals surface area contributed by atoms with Gasteiger partial charge in [-0.1, -0.05) is 24.3 Å². The zero-order chi connectivity index (χ0) is 17.3. The first-order valence-corrected chi connectivity index (χ1v) is 7.93. The lowest BCUT2D eigenvalue weighted by atomic mass is 9.87. The summed E-state index contributed by atoms with van der Waals surface area (Å²) in [6.45, 7) is 0.199. The van der Waals surface area contributed by atoms with Crippen LogP contribution in [-0.4, -0.2) is 18.4 Å². The van der Waals surface area contributed by atoms with Crippen LogP contribution in [0.5, 0.6) is 0 Å². The summed E-state index contributed by atoms with van der Waals surface area (Å²) in [4.78, 5) is 24.6. The molecule has 4 nitrogen and oxygen atoms in total. The van der Waals surface area contributed by atoms with Crippen molar-refractivity contribution >= 4 is 32.0 Å². The Morgan fingerprint density at radius 2 is 1.92 bits per heavy atom. The number of benzene rings is 2. The molecule has 2 amide bonds. The Balaban J connectivity index is 1.86. The van der Waals surface area contributed by atoms with Gasteiger partial charge in [0.2, 0.25) is 11.8 Å². The molecule has 0 aliphatic carbocycles. The van der Waals surface area contributed by atoms with Crippen molar-refractivity contribution in [1.29, 1.82) is 0 Å². The van der Waals surface area contributed by atoms with Crippen molar-refractivity contribution in [2.24, 2.45) is 5.92 Å². The van der Waals surface area contributed by atoms with E-state index in [9.17, 15) is 18.4 Å². The fraction of sp³-hybridized carbons (Fsp3) is 0.176. The fourth-order valence-corrected chi connectivity index (χ4v) is 3.08. The second-order valence-electron chi connectivity index (χ2n) is 5.58. The molecule has 3 rings (SSSR count). The molecular weight excluding hydrogens is 333 g/mol. The van der Waals surface area contributed by atoms with Crippen LogP contribution in [0.15, 0.2) is 42.5 Å². The molecule has 1 aliphatic rings. The summed E-state index contributed by atoms with van der Waals surface area (Å²) in [6.07, 6.45) is 0. The molecule has 0 aromatic heterocycles. The monoisotopic (exact) mass is 348 g/mol. The number of halogens is 2. The van der Waals surface area contributed by atoms with Crippen LogP contribution in [0, 0.1) is 17.6 Å². The van der Waals surface area contributed by atoms with Crippen LogP contribution in [-0.2, 0) is 9.59 Å². The van der Waals surface area contributed by atoms with E-state index in [2.05, 4.69) is 19.9 Å². The Bertz CT molecular complexity index is 813. The summed E-state index contributed by atoms with van der Waals surface area (Å²) < 4.78 is 26.6. The van der Waals surface area contributed by atoms with Gasteiger partial charge < -0.3 is 10.6 Å². The highest BCUT2D eigenvalue weighted by Crippen LogP contribution is 2.31. The minimum atomic E-state index is -1.00. The van der Waals surface area contributed by atoms with E-state index in [1.54, 1.807) is 12.1 Å². The molecular formula is C17H15F2N2O2P.